The normalized spacial score (nSPS) is 14.5. The van der Waals surface area contributed by atoms with Crippen molar-refractivity contribution in [1.29, 1.82) is 0 Å². The molecule has 0 spiro atoms. The lowest BCUT2D eigenvalue weighted by Crippen LogP contribution is -2.31. The standard InChI is InChI=1S/C24H28N6O4S/c1-15-5-4-10-26-22(15)28-23(31)18-7-6-17(13-19(18)16-8-11-25-12-9-16)20-14-27-30(2)21(20)24(32)29-35(3,33)34/h4-7,10,13-14,16,25H,8-9,11-12H2,1-3H3,(H,29,32)(H,26,28,31). The third kappa shape index (κ3) is 5.57. The maximum Gasteiger partial charge on any atom is 0.283 e. The number of carbonyl (C=O) groups is 2. The Bertz CT molecular complexity index is 1380. The van der Waals surface area contributed by atoms with Gasteiger partial charge in [0, 0.05) is 24.4 Å². The zero-order valence-corrected chi connectivity index (χ0v) is 20.6. The third-order valence-electron chi connectivity index (χ3n) is 6.06. The minimum atomic E-state index is -3.75. The maximum atomic E-state index is 13.3. The highest BCUT2D eigenvalue weighted by molar-refractivity contribution is 7.89. The van der Waals surface area contributed by atoms with Crippen LogP contribution in [-0.2, 0) is 17.1 Å². The van der Waals surface area contributed by atoms with Crippen LogP contribution in [0.4, 0.5) is 5.82 Å². The molecule has 3 heterocycles. The number of aromatic nitrogens is 3. The van der Waals surface area contributed by atoms with Crippen LogP contribution in [0.25, 0.3) is 11.1 Å². The van der Waals surface area contributed by atoms with Crippen molar-refractivity contribution in [2.45, 2.75) is 25.7 Å². The topological polar surface area (TPSA) is 135 Å². The number of nitrogens with one attached hydrogen (secondary N) is 3. The largest absolute Gasteiger partial charge is 0.317 e. The maximum absolute atomic E-state index is 13.3. The number of hydrogen-bond acceptors (Lipinski definition) is 7. The van der Waals surface area contributed by atoms with Gasteiger partial charge in [-0.05, 0) is 73.7 Å². The van der Waals surface area contributed by atoms with Gasteiger partial charge in [-0.2, -0.15) is 5.10 Å². The Balaban J connectivity index is 1.75. The van der Waals surface area contributed by atoms with Gasteiger partial charge in [-0.3, -0.25) is 14.3 Å². The van der Waals surface area contributed by atoms with Crippen LogP contribution in [0.3, 0.4) is 0 Å². The van der Waals surface area contributed by atoms with Gasteiger partial charge in [-0.15, -0.1) is 0 Å². The average Bonchev–Trinajstić information content (AvgIpc) is 3.21. The van der Waals surface area contributed by atoms with Crippen LogP contribution < -0.4 is 15.4 Å². The summed E-state index contributed by atoms with van der Waals surface area (Å²) in [5, 5.41) is 10.4. The van der Waals surface area contributed by atoms with Gasteiger partial charge in [0.05, 0.1) is 12.5 Å². The molecule has 184 valence electrons. The molecule has 0 saturated carbocycles. The van der Waals surface area contributed by atoms with E-state index in [1.165, 1.54) is 10.9 Å². The van der Waals surface area contributed by atoms with Crippen LogP contribution in [0.1, 0.15) is 50.7 Å². The molecule has 1 saturated heterocycles. The molecule has 2 amide bonds. The monoisotopic (exact) mass is 496 g/mol. The third-order valence-corrected chi connectivity index (χ3v) is 6.62. The Labute approximate surface area is 204 Å². The minimum Gasteiger partial charge on any atom is -0.317 e. The molecule has 1 aromatic carbocycles. The van der Waals surface area contributed by atoms with Gasteiger partial charge < -0.3 is 10.6 Å². The molecule has 1 aliphatic rings. The summed E-state index contributed by atoms with van der Waals surface area (Å²) < 4.78 is 26.6. The summed E-state index contributed by atoms with van der Waals surface area (Å²) in [6.45, 7) is 3.55. The first-order valence-electron chi connectivity index (χ1n) is 11.3. The predicted octanol–water partition coefficient (Wildman–Crippen LogP) is 2.20. The van der Waals surface area contributed by atoms with Crippen LogP contribution in [-0.4, -0.2) is 54.3 Å². The minimum absolute atomic E-state index is 0.119. The first-order valence-corrected chi connectivity index (χ1v) is 13.2. The van der Waals surface area contributed by atoms with E-state index < -0.39 is 15.9 Å². The number of aryl methyl sites for hydroxylation is 2. The van der Waals surface area contributed by atoms with Crippen LogP contribution in [0.5, 0.6) is 0 Å². The molecule has 11 heteroatoms. The molecule has 2 aromatic heterocycles. The van der Waals surface area contributed by atoms with Crippen LogP contribution in [0.2, 0.25) is 0 Å². The average molecular weight is 497 g/mol. The van der Waals surface area contributed by atoms with E-state index >= 15 is 0 Å². The van der Waals surface area contributed by atoms with Crippen LogP contribution in [0.15, 0.2) is 42.7 Å². The van der Waals surface area contributed by atoms with Gasteiger partial charge in [0.1, 0.15) is 11.5 Å². The van der Waals surface area contributed by atoms with E-state index in [0.29, 0.717) is 22.5 Å². The summed E-state index contributed by atoms with van der Waals surface area (Å²) in [5.74, 6) is -0.372. The zero-order valence-electron chi connectivity index (χ0n) is 19.8. The molecule has 0 aliphatic carbocycles. The lowest BCUT2D eigenvalue weighted by Gasteiger charge is -2.25. The van der Waals surface area contributed by atoms with Crippen molar-refractivity contribution in [2.24, 2.45) is 7.05 Å². The molecule has 1 aliphatic heterocycles. The number of pyridine rings is 1. The van der Waals surface area contributed by atoms with E-state index in [0.717, 1.165) is 43.3 Å². The SMILES string of the molecule is Cc1cccnc1NC(=O)c1ccc(-c2cnn(C)c2C(=O)NS(C)(=O)=O)cc1C1CCNCC1. The molecule has 3 N–H and O–H groups in total. The molecular weight excluding hydrogens is 468 g/mol. The number of amides is 2. The molecule has 0 radical (unpaired) electrons. The molecule has 3 aromatic rings. The zero-order chi connectivity index (χ0) is 25.2. The van der Waals surface area contributed by atoms with Crippen LogP contribution >= 0.6 is 0 Å². The molecule has 1 fully saturated rings. The molecule has 0 unspecified atom stereocenters. The summed E-state index contributed by atoms with van der Waals surface area (Å²) in [6.07, 6.45) is 5.80. The molecular formula is C24H28N6O4S. The summed E-state index contributed by atoms with van der Waals surface area (Å²) in [7, 11) is -2.17. The number of hydrogen-bond donors (Lipinski definition) is 3. The number of nitrogens with zero attached hydrogens (tertiary/aromatic N) is 3. The molecule has 4 rings (SSSR count). The van der Waals surface area contributed by atoms with Gasteiger partial charge >= 0.3 is 0 Å². The summed E-state index contributed by atoms with van der Waals surface area (Å²) >= 11 is 0. The van der Waals surface area contributed by atoms with Gasteiger partial charge in [-0.1, -0.05) is 12.1 Å². The van der Waals surface area contributed by atoms with Crippen molar-refractivity contribution in [1.82, 2.24) is 24.8 Å². The first-order chi connectivity index (χ1) is 16.6. The number of anilines is 1. The van der Waals surface area contributed by atoms with E-state index in [9.17, 15) is 18.0 Å². The first kappa shape index (κ1) is 24.6. The predicted molar refractivity (Wildman–Crippen MR) is 133 cm³/mol. The molecule has 0 bridgehead atoms. The number of carbonyl (C=O) groups excluding carboxylic acids is 2. The Morgan fingerprint density at radius 3 is 2.57 bits per heavy atom. The van der Waals surface area contributed by atoms with Crippen molar-refractivity contribution < 1.29 is 18.0 Å². The van der Waals surface area contributed by atoms with Gasteiger partial charge in [0.2, 0.25) is 10.0 Å². The van der Waals surface area contributed by atoms with Crippen LogP contribution in [0, 0.1) is 6.92 Å². The van der Waals surface area contributed by atoms with E-state index in [1.54, 1.807) is 25.4 Å². The fraction of sp³-hybridized carbons (Fsp3) is 0.333. The highest BCUT2D eigenvalue weighted by Gasteiger charge is 2.25. The number of sulfonamides is 1. The quantitative estimate of drug-likeness (QED) is 0.476. The Kier molecular flexibility index (Phi) is 6.99. The number of rotatable bonds is 6. The lowest BCUT2D eigenvalue weighted by atomic mass is 9.85. The smallest absolute Gasteiger partial charge is 0.283 e. The van der Waals surface area contributed by atoms with E-state index in [-0.39, 0.29) is 17.5 Å². The van der Waals surface area contributed by atoms with E-state index in [1.807, 2.05) is 29.8 Å². The van der Waals surface area contributed by atoms with Crippen molar-refractivity contribution >= 4 is 27.7 Å². The Morgan fingerprint density at radius 2 is 1.89 bits per heavy atom. The second-order valence-corrected chi connectivity index (χ2v) is 10.4. The Hall–Kier alpha value is -3.57. The summed E-state index contributed by atoms with van der Waals surface area (Å²) in [4.78, 5) is 30.3. The molecule has 35 heavy (non-hydrogen) atoms. The highest BCUT2D eigenvalue weighted by atomic mass is 32.2. The number of benzene rings is 1. The van der Waals surface area contributed by atoms with Gasteiger partial charge in [0.25, 0.3) is 11.8 Å². The second-order valence-electron chi connectivity index (χ2n) is 8.68. The summed E-state index contributed by atoms with van der Waals surface area (Å²) in [6, 6.07) is 9.09. The highest BCUT2D eigenvalue weighted by Crippen LogP contribution is 2.33. The number of piperidine rings is 1. The van der Waals surface area contributed by atoms with Gasteiger partial charge in [0.15, 0.2) is 0 Å². The van der Waals surface area contributed by atoms with E-state index in [2.05, 4.69) is 20.7 Å². The van der Waals surface area contributed by atoms with Crippen molar-refractivity contribution in [3.63, 3.8) is 0 Å². The fourth-order valence-electron chi connectivity index (χ4n) is 4.33. The second kappa shape index (κ2) is 9.96. The lowest BCUT2D eigenvalue weighted by molar-refractivity contribution is 0.0971. The van der Waals surface area contributed by atoms with Crippen molar-refractivity contribution in [3.8, 4) is 11.1 Å². The van der Waals surface area contributed by atoms with Crippen molar-refractivity contribution in [3.05, 3.63) is 65.1 Å². The fourth-order valence-corrected chi connectivity index (χ4v) is 4.77. The molecule has 10 nitrogen and oxygen atoms in total. The Morgan fingerprint density at radius 1 is 1.14 bits per heavy atom. The molecule has 0 atom stereocenters. The summed E-state index contributed by atoms with van der Waals surface area (Å²) in [5.41, 5.74) is 3.54. The van der Waals surface area contributed by atoms with E-state index in [4.69, 9.17) is 0 Å². The van der Waals surface area contributed by atoms with Gasteiger partial charge in [-0.25, -0.2) is 18.1 Å². The van der Waals surface area contributed by atoms with Crippen molar-refractivity contribution in [2.75, 3.05) is 24.7 Å².